The van der Waals surface area contributed by atoms with Gasteiger partial charge in [0.2, 0.25) is 5.95 Å². The molecule has 0 saturated carbocycles. The number of nitrogen functional groups attached to an aromatic ring is 1. The third-order valence-corrected chi connectivity index (χ3v) is 6.77. The number of aliphatic hydroxyl groups excluding tert-OH is 3. The number of imidazole rings is 1. The molecule has 2 aromatic heterocycles. The molecule has 2 heterocycles. The molecule has 14 heteroatoms. The highest BCUT2D eigenvalue weighted by molar-refractivity contribution is 7.53. The number of aliphatic hydroxyl groups is 3. The Kier molecular flexibility index (Phi) is 7.98. The van der Waals surface area contributed by atoms with Gasteiger partial charge in [-0.15, -0.1) is 0 Å². The summed E-state index contributed by atoms with van der Waals surface area (Å²) < 4.78 is 25.5. The van der Waals surface area contributed by atoms with E-state index in [1.807, 2.05) is 0 Å². The van der Waals surface area contributed by atoms with Gasteiger partial charge in [-0.2, -0.15) is 4.98 Å². The van der Waals surface area contributed by atoms with Gasteiger partial charge in [-0.05, 0) is 20.3 Å². The summed E-state index contributed by atoms with van der Waals surface area (Å²) >= 11 is 0. The van der Waals surface area contributed by atoms with Crippen LogP contribution in [0.5, 0.6) is 0 Å². The van der Waals surface area contributed by atoms with Crippen LogP contribution >= 0.6 is 7.60 Å². The lowest BCUT2D eigenvalue weighted by Crippen LogP contribution is -2.34. The summed E-state index contributed by atoms with van der Waals surface area (Å²) in [6.07, 6.45) is -0.859. The van der Waals surface area contributed by atoms with E-state index in [1.54, 1.807) is 13.8 Å². The predicted molar refractivity (Wildman–Crippen MR) is 111 cm³/mol. The minimum atomic E-state index is -4.25. The number of hydrogen-bond acceptors (Lipinski definition) is 10. The molecule has 5 atom stereocenters. The van der Waals surface area contributed by atoms with Crippen LogP contribution in [0, 0.1) is 0 Å². The fraction of sp³-hybridized carbons (Fsp3) is 0.706. The largest absolute Gasteiger partial charge is 0.394 e. The first kappa shape index (κ1) is 25.4. The Morgan fingerprint density at radius 2 is 2.03 bits per heavy atom. The summed E-state index contributed by atoms with van der Waals surface area (Å²) in [4.78, 5) is 30.3. The SMILES string of the molecule is CCC(C)(CCO[C@H]([C@H](O)CO)n1cnc2c(=O)n(C)c(N)nc21)OP(=O)(O)C(C)O. The van der Waals surface area contributed by atoms with Crippen molar-refractivity contribution in [3.8, 4) is 0 Å². The molecule has 0 aromatic carbocycles. The topological polar surface area (TPSA) is 195 Å². The molecule has 0 aliphatic carbocycles. The molecule has 3 unspecified atom stereocenters. The van der Waals surface area contributed by atoms with E-state index in [-0.39, 0.29) is 30.1 Å². The molecular weight excluding hydrogens is 433 g/mol. The summed E-state index contributed by atoms with van der Waals surface area (Å²) in [7, 11) is -2.81. The van der Waals surface area contributed by atoms with E-state index in [4.69, 9.17) is 15.0 Å². The summed E-state index contributed by atoms with van der Waals surface area (Å²) in [6.45, 7) is 3.78. The van der Waals surface area contributed by atoms with E-state index in [0.29, 0.717) is 6.42 Å². The van der Waals surface area contributed by atoms with Crippen molar-refractivity contribution in [3.05, 3.63) is 16.7 Å². The second-order valence-corrected chi connectivity index (χ2v) is 9.57. The molecule has 0 saturated heterocycles. The molecule has 31 heavy (non-hydrogen) atoms. The van der Waals surface area contributed by atoms with Gasteiger partial charge in [0.05, 0.1) is 25.1 Å². The van der Waals surface area contributed by atoms with Gasteiger partial charge < -0.3 is 35.2 Å². The Bertz CT molecular complexity index is 1010. The zero-order chi connectivity index (χ0) is 23.6. The predicted octanol–water partition coefficient (Wildman–Crippen LogP) is -0.320. The summed E-state index contributed by atoms with van der Waals surface area (Å²) in [5, 5.41) is 29.2. The maximum absolute atomic E-state index is 12.3. The number of rotatable bonds is 11. The molecule has 0 radical (unpaired) electrons. The van der Waals surface area contributed by atoms with Gasteiger partial charge in [0.15, 0.2) is 23.2 Å². The Labute approximate surface area is 178 Å². The minimum absolute atomic E-state index is 0.00956. The lowest BCUT2D eigenvalue weighted by Gasteiger charge is -2.32. The van der Waals surface area contributed by atoms with E-state index in [2.05, 4.69) is 9.97 Å². The van der Waals surface area contributed by atoms with Gasteiger partial charge in [-0.3, -0.25) is 18.5 Å². The zero-order valence-corrected chi connectivity index (χ0v) is 18.8. The summed E-state index contributed by atoms with van der Waals surface area (Å²) in [6, 6.07) is 0. The number of anilines is 1. The van der Waals surface area contributed by atoms with E-state index < -0.39 is 43.5 Å². The number of ether oxygens (including phenoxy) is 1. The minimum Gasteiger partial charge on any atom is -0.394 e. The van der Waals surface area contributed by atoms with Crippen LogP contribution in [0.15, 0.2) is 11.1 Å². The number of nitrogens with two attached hydrogens (primary N) is 1. The molecule has 0 aliphatic rings. The highest BCUT2D eigenvalue weighted by atomic mass is 31.2. The van der Waals surface area contributed by atoms with Crippen molar-refractivity contribution >= 4 is 24.7 Å². The van der Waals surface area contributed by atoms with Crippen molar-refractivity contribution in [2.75, 3.05) is 18.9 Å². The maximum atomic E-state index is 12.3. The van der Waals surface area contributed by atoms with Crippen LogP contribution in [0.2, 0.25) is 0 Å². The monoisotopic (exact) mass is 463 g/mol. The third kappa shape index (κ3) is 5.50. The van der Waals surface area contributed by atoms with E-state index in [1.165, 1.54) is 17.9 Å². The number of fused-ring (bicyclic) bond motifs is 1. The Hall–Kier alpha value is -1.86. The normalized spacial score (nSPS) is 19.0. The van der Waals surface area contributed by atoms with Gasteiger partial charge in [-0.1, -0.05) is 6.92 Å². The van der Waals surface area contributed by atoms with Crippen molar-refractivity contribution in [2.24, 2.45) is 7.05 Å². The quantitative estimate of drug-likeness (QED) is 0.274. The molecule has 0 spiro atoms. The van der Waals surface area contributed by atoms with Crippen molar-refractivity contribution < 1.29 is 34.0 Å². The van der Waals surface area contributed by atoms with Crippen molar-refractivity contribution in [1.29, 1.82) is 0 Å². The summed E-state index contributed by atoms with van der Waals surface area (Å²) in [5.74, 6) is -1.63. The molecule has 13 nitrogen and oxygen atoms in total. The Morgan fingerprint density at radius 3 is 2.58 bits per heavy atom. The Morgan fingerprint density at radius 1 is 1.39 bits per heavy atom. The highest BCUT2D eigenvalue weighted by Gasteiger charge is 2.37. The average molecular weight is 463 g/mol. The van der Waals surface area contributed by atoms with Gasteiger partial charge in [0.25, 0.3) is 5.56 Å². The number of hydrogen-bond donors (Lipinski definition) is 5. The van der Waals surface area contributed by atoms with Crippen LogP contribution in [0.4, 0.5) is 5.95 Å². The first-order valence-corrected chi connectivity index (χ1v) is 11.3. The van der Waals surface area contributed by atoms with Gasteiger partial charge in [0, 0.05) is 13.5 Å². The van der Waals surface area contributed by atoms with Crippen molar-refractivity contribution in [2.45, 2.75) is 57.4 Å². The average Bonchev–Trinajstić information content (AvgIpc) is 3.12. The fourth-order valence-corrected chi connectivity index (χ4v) is 3.79. The second-order valence-electron chi connectivity index (χ2n) is 7.51. The molecule has 0 bridgehead atoms. The lowest BCUT2D eigenvalue weighted by atomic mass is 10.0. The standard InChI is InChI=1S/C17H30N5O8P/c1-5-17(3,30-31(27,28)10(2)24)6-7-29-15(11(25)8-23)22-9-19-12-13(22)20-16(18)21(4)14(12)26/h9-11,15,23-25H,5-8H2,1-4H3,(H2,18,20)(H,27,28)/t10?,11-,15-,17?/m1/s1. The molecule has 0 amide bonds. The summed E-state index contributed by atoms with van der Waals surface area (Å²) in [5.41, 5.74) is 4.24. The number of nitrogens with zero attached hydrogens (tertiary/aromatic N) is 4. The van der Waals surface area contributed by atoms with Crippen LogP contribution in [0.25, 0.3) is 11.2 Å². The van der Waals surface area contributed by atoms with Crippen molar-refractivity contribution in [3.63, 3.8) is 0 Å². The van der Waals surface area contributed by atoms with Crippen molar-refractivity contribution in [1.82, 2.24) is 19.1 Å². The van der Waals surface area contributed by atoms with Crippen LogP contribution in [-0.4, -0.2) is 70.1 Å². The molecule has 2 aromatic rings. The molecule has 6 N–H and O–H groups in total. The van der Waals surface area contributed by atoms with Crippen LogP contribution in [0.1, 0.15) is 39.8 Å². The third-order valence-electron chi connectivity index (χ3n) is 5.12. The molecule has 0 aliphatic heterocycles. The van der Waals surface area contributed by atoms with Crippen LogP contribution in [0.3, 0.4) is 0 Å². The molecule has 2 rings (SSSR count). The van der Waals surface area contributed by atoms with E-state index >= 15 is 0 Å². The Balaban J connectivity index is 2.27. The first-order valence-electron chi connectivity index (χ1n) is 9.67. The molecular formula is C17H30N5O8P. The number of aromatic nitrogens is 4. The highest BCUT2D eigenvalue weighted by Crippen LogP contribution is 2.51. The fourth-order valence-electron chi connectivity index (χ4n) is 2.79. The maximum Gasteiger partial charge on any atom is 0.356 e. The van der Waals surface area contributed by atoms with E-state index in [0.717, 1.165) is 11.5 Å². The van der Waals surface area contributed by atoms with Gasteiger partial charge in [0.1, 0.15) is 6.10 Å². The lowest BCUT2D eigenvalue weighted by molar-refractivity contribution is -0.107. The van der Waals surface area contributed by atoms with Gasteiger partial charge in [-0.25, -0.2) is 4.98 Å². The zero-order valence-electron chi connectivity index (χ0n) is 17.9. The molecule has 176 valence electrons. The van der Waals surface area contributed by atoms with Gasteiger partial charge >= 0.3 is 7.60 Å². The first-order chi connectivity index (χ1) is 14.4. The second kappa shape index (κ2) is 9.74. The van der Waals surface area contributed by atoms with Crippen LogP contribution < -0.4 is 11.3 Å². The smallest absolute Gasteiger partial charge is 0.356 e. The van der Waals surface area contributed by atoms with Crippen LogP contribution in [-0.2, 0) is 20.9 Å². The molecule has 0 fully saturated rings. The van der Waals surface area contributed by atoms with E-state index in [9.17, 15) is 29.6 Å².